The van der Waals surface area contributed by atoms with Gasteiger partial charge in [-0.2, -0.15) is 0 Å². The highest BCUT2D eigenvalue weighted by molar-refractivity contribution is 5.91. The van der Waals surface area contributed by atoms with Crippen LogP contribution >= 0.6 is 0 Å². The third-order valence-electron chi connectivity index (χ3n) is 1.82. The van der Waals surface area contributed by atoms with E-state index in [1.807, 2.05) is 6.08 Å². The third-order valence-corrected chi connectivity index (χ3v) is 1.82. The van der Waals surface area contributed by atoms with Crippen LogP contribution in [0, 0.1) is 5.92 Å². The molecule has 0 aromatic carbocycles. The molecule has 1 amide bonds. The van der Waals surface area contributed by atoms with Crippen molar-refractivity contribution in [2.75, 3.05) is 0 Å². The predicted octanol–water partition coefficient (Wildman–Crippen LogP) is 1.26. The Kier molecular flexibility index (Phi) is 3.25. The van der Waals surface area contributed by atoms with Crippen molar-refractivity contribution in [3.63, 3.8) is 0 Å². The zero-order chi connectivity index (χ0) is 9.84. The zero-order valence-corrected chi connectivity index (χ0v) is 7.97. The molecule has 0 aromatic rings. The van der Waals surface area contributed by atoms with E-state index < -0.39 is 6.23 Å². The quantitative estimate of drug-likeness (QED) is 0.712. The predicted molar refractivity (Wildman–Crippen MR) is 50.6 cm³/mol. The minimum atomic E-state index is -0.782. The summed E-state index contributed by atoms with van der Waals surface area (Å²) in [6, 6.07) is 0. The van der Waals surface area contributed by atoms with Crippen LogP contribution in [0.25, 0.3) is 0 Å². The minimum Gasteiger partial charge on any atom is -0.369 e. The van der Waals surface area contributed by atoms with Crippen LogP contribution < -0.4 is 0 Å². The molecule has 1 atom stereocenters. The lowest BCUT2D eigenvalue weighted by atomic mass is 10.1. The largest absolute Gasteiger partial charge is 0.369 e. The molecule has 1 aliphatic rings. The summed E-state index contributed by atoms with van der Waals surface area (Å²) in [5.74, 6) is 0.409. The van der Waals surface area contributed by atoms with Crippen LogP contribution in [0.1, 0.15) is 20.3 Å². The monoisotopic (exact) mass is 181 g/mol. The van der Waals surface area contributed by atoms with Gasteiger partial charge < -0.3 is 5.11 Å². The average Bonchev–Trinajstić information content (AvgIpc) is 2.34. The van der Waals surface area contributed by atoms with Crippen molar-refractivity contribution in [2.24, 2.45) is 5.92 Å². The lowest BCUT2D eigenvalue weighted by Crippen LogP contribution is -2.28. The normalized spacial score (nSPS) is 22.6. The Hall–Kier alpha value is -1.09. The molecule has 0 saturated carbocycles. The number of aliphatic hydroxyl groups excluding tert-OH is 1. The Balaban J connectivity index is 2.45. The van der Waals surface area contributed by atoms with E-state index in [4.69, 9.17) is 0 Å². The van der Waals surface area contributed by atoms with Gasteiger partial charge >= 0.3 is 0 Å². The van der Waals surface area contributed by atoms with Gasteiger partial charge in [-0.1, -0.05) is 19.9 Å². The van der Waals surface area contributed by atoms with Gasteiger partial charge in [0.2, 0.25) is 0 Å². The first kappa shape index (κ1) is 9.99. The highest BCUT2D eigenvalue weighted by Gasteiger charge is 2.20. The van der Waals surface area contributed by atoms with Crippen molar-refractivity contribution in [1.82, 2.24) is 4.90 Å². The van der Waals surface area contributed by atoms with E-state index in [2.05, 4.69) is 13.8 Å². The molecule has 1 aliphatic heterocycles. The first-order valence-corrected chi connectivity index (χ1v) is 4.46. The van der Waals surface area contributed by atoms with Crippen molar-refractivity contribution in [2.45, 2.75) is 26.5 Å². The first-order chi connectivity index (χ1) is 6.11. The van der Waals surface area contributed by atoms with Crippen LogP contribution in [0.4, 0.5) is 0 Å². The highest BCUT2D eigenvalue weighted by Crippen LogP contribution is 2.10. The molecule has 0 radical (unpaired) electrons. The molecule has 0 aliphatic carbocycles. The number of amides is 1. The first-order valence-electron chi connectivity index (χ1n) is 4.46. The number of hydrogen-bond donors (Lipinski definition) is 1. The topological polar surface area (TPSA) is 40.5 Å². The second-order valence-electron chi connectivity index (χ2n) is 3.53. The van der Waals surface area contributed by atoms with Crippen LogP contribution in [0.3, 0.4) is 0 Å². The molecule has 1 N–H and O–H groups in total. The molecule has 3 heteroatoms. The van der Waals surface area contributed by atoms with Gasteiger partial charge in [-0.25, -0.2) is 0 Å². The van der Waals surface area contributed by atoms with Gasteiger partial charge in [-0.05, 0) is 18.4 Å². The molecule has 1 heterocycles. The van der Waals surface area contributed by atoms with Crippen LogP contribution in [-0.4, -0.2) is 22.1 Å². The maximum absolute atomic E-state index is 11.1. The van der Waals surface area contributed by atoms with Gasteiger partial charge in [0.15, 0.2) is 6.23 Å². The van der Waals surface area contributed by atoms with Crippen LogP contribution in [-0.2, 0) is 4.79 Å². The van der Waals surface area contributed by atoms with Crippen molar-refractivity contribution in [1.29, 1.82) is 0 Å². The van der Waals surface area contributed by atoms with Crippen molar-refractivity contribution < 1.29 is 9.90 Å². The van der Waals surface area contributed by atoms with Gasteiger partial charge in [0.25, 0.3) is 5.91 Å². The molecule has 1 rings (SSSR count). The van der Waals surface area contributed by atoms with Crippen LogP contribution in [0.15, 0.2) is 24.4 Å². The van der Waals surface area contributed by atoms with Crippen molar-refractivity contribution >= 4 is 5.91 Å². The molecule has 0 saturated heterocycles. The second kappa shape index (κ2) is 4.23. The SMILES string of the molecule is CC(C)C/C=C/N1C(=O)C=CC1O. The third kappa shape index (κ3) is 2.70. The lowest BCUT2D eigenvalue weighted by Gasteiger charge is -2.14. The number of rotatable bonds is 3. The summed E-state index contributed by atoms with van der Waals surface area (Å²) in [5, 5.41) is 9.29. The summed E-state index contributed by atoms with van der Waals surface area (Å²) in [6.07, 6.45) is 6.53. The van der Waals surface area contributed by atoms with Crippen molar-refractivity contribution in [3.05, 3.63) is 24.4 Å². The fraction of sp³-hybridized carbons (Fsp3) is 0.500. The Morgan fingerprint density at radius 3 is 2.85 bits per heavy atom. The van der Waals surface area contributed by atoms with Crippen LogP contribution in [0.2, 0.25) is 0 Å². The number of hydrogen-bond acceptors (Lipinski definition) is 2. The second-order valence-corrected chi connectivity index (χ2v) is 3.53. The number of allylic oxidation sites excluding steroid dienone is 1. The molecule has 0 spiro atoms. The summed E-state index contributed by atoms with van der Waals surface area (Å²) in [5.41, 5.74) is 0. The molecule has 72 valence electrons. The molecular weight excluding hydrogens is 166 g/mol. The Labute approximate surface area is 78.4 Å². The van der Waals surface area contributed by atoms with E-state index in [0.29, 0.717) is 5.92 Å². The number of carbonyl (C=O) groups is 1. The van der Waals surface area contributed by atoms with E-state index in [9.17, 15) is 9.90 Å². The lowest BCUT2D eigenvalue weighted by molar-refractivity contribution is -0.127. The van der Waals surface area contributed by atoms with E-state index >= 15 is 0 Å². The number of carbonyl (C=O) groups excluding carboxylic acids is 1. The molecule has 3 nitrogen and oxygen atoms in total. The molecular formula is C10H15NO2. The van der Waals surface area contributed by atoms with E-state index in [0.717, 1.165) is 6.42 Å². The Morgan fingerprint density at radius 2 is 2.38 bits per heavy atom. The maximum Gasteiger partial charge on any atom is 0.252 e. The Bertz CT molecular complexity index is 243. The summed E-state index contributed by atoms with van der Waals surface area (Å²) in [6.45, 7) is 4.20. The number of nitrogens with zero attached hydrogens (tertiary/aromatic N) is 1. The standard InChI is InChI=1S/C10H15NO2/c1-8(2)4-3-7-11-9(12)5-6-10(11)13/h3,5-9,12H,4H2,1-2H3/b7-3+. The molecule has 1 unspecified atom stereocenters. The molecule has 0 fully saturated rings. The summed E-state index contributed by atoms with van der Waals surface area (Å²) in [4.78, 5) is 12.4. The average molecular weight is 181 g/mol. The van der Waals surface area contributed by atoms with Gasteiger partial charge in [-0.3, -0.25) is 9.69 Å². The van der Waals surface area contributed by atoms with Gasteiger partial charge in [0, 0.05) is 12.3 Å². The smallest absolute Gasteiger partial charge is 0.252 e. The van der Waals surface area contributed by atoms with E-state index in [-0.39, 0.29) is 5.91 Å². The van der Waals surface area contributed by atoms with E-state index in [1.165, 1.54) is 17.1 Å². The van der Waals surface area contributed by atoms with E-state index in [1.54, 1.807) is 6.20 Å². The molecule has 0 aromatic heterocycles. The summed E-state index contributed by atoms with van der Waals surface area (Å²) >= 11 is 0. The van der Waals surface area contributed by atoms with Crippen LogP contribution in [0.5, 0.6) is 0 Å². The minimum absolute atomic E-state index is 0.160. The van der Waals surface area contributed by atoms with Crippen molar-refractivity contribution in [3.8, 4) is 0 Å². The number of aliphatic hydroxyl groups is 1. The molecule has 13 heavy (non-hydrogen) atoms. The van der Waals surface area contributed by atoms with Gasteiger partial charge in [0.05, 0.1) is 0 Å². The van der Waals surface area contributed by atoms with Gasteiger partial charge in [-0.15, -0.1) is 0 Å². The highest BCUT2D eigenvalue weighted by atomic mass is 16.3. The zero-order valence-electron chi connectivity index (χ0n) is 7.97. The van der Waals surface area contributed by atoms with Gasteiger partial charge in [0.1, 0.15) is 0 Å². The summed E-state index contributed by atoms with van der Waals surface area (Å²) < 4.78 is 0. The Morgan fingerprint density at radius 1 is 1.69 bits per heavy atom. The fourth-order valence-corrected chi connectivity index (χ4v) is 1.09. The maximum atomic E-state index is 11.1. The fourth-order valence-electron chi connectivity index (χ4n) is 1.09. The summed E-state index contributed by atoms with van der Waals surface area (Å²) in [7, 11) is 0. The molecule has 0 bridgehead atoms.